The Labute approximate surface area is 135 Å². The van der Waals surface area contributed by atoms with Crippen molar-refractivity contribution in [2.24, 2.45) is 10.9 Å². The quantitative estimate of drug-likeness (QED) is 0.846. The minimum Gasteiger partial charge on any atom is -0.398 e. The van der Waals surface area contributed by atoms with E-state index in [2.05, 4.69) is 36.3 Å². The summed E-state index contributed by atoms with van der Waals surface area (Å²) in [7, 11) is 3.54. The number of thioether (sulfide) groups is 1. The maximum atomic E-state index is 11.4. The Morgan fingerprint density at radius 2 is 2.05 bits per heavy atom. The van der Waals surface area contributed by atoms with Crippen LogP contribution in [0.5, 0.6) is 0 Å². The number of benzene rings is 1. The van der Waals surface area contributed by atoms with Crippen LogP contribution in [0.4, 0.5) is 4.79 Å². The zero-order valence-corrected chi connectivity index (χ0v) is 14.2. The molecule has 0 aliphatic carbocycles. The van der Waals surface area contributed by atoms with Crippen molar-refractivity contribution in [1.82, 2.24) is 5.32 Å². The van der Waals surface area contributed by atoms with E-state index in [1.54, 1.807) is 18.8 Å². The number of nitrogens with zero attached hydrogens (tertiary/aromatic N) is 2. The minimum absolute atomic E-state index is 0.217. The van der Waals surface area contributed by atoms with Crippen LogP contribution in [0.3, 0.4) is 0 Å². The fraction of sp³-hybridized carbons (Fsp3) is 0.375. The molecule has 1 heterocycles. The van der Waals surface area contributed by atoms with Crippen LogP contribution >= 0.6 is 11.8 Å². The molecular weight excluding hydrogens is 298 g/mol. The molecule has 1 aromatic carbocycles. The fourth-order valence-corrected chi connectivity index (χ4v) is 3.29. The summed E-state index contributed by atoms with van der Waals surface area (Å²) in [5.41, 5.74) is 1.04. The van der Waals surface area contributed by atoms with Crippen molar-refractivity contribution < 1.29 is 14.0 Å². The van der Waals surface area contributed by atoms with Gasteiger partial charge in [-0.1, -0.05) is 32.0 Å². The van der Waals surface area contributed by atoms with Gasteiger partial charge in [0.05, 0.1) is 7.05 Å². The molecule has 0 radical (unpaired) electrons. The molecule has 0 aromatic heterocycles. The van der Waals surface area contributed by atoms with E-state index in [1.807, 2.05) is 31.6 Å². The topological polar surface area (TPSA) is 50.7 Å². The normalized spacial score (nSPS) is 20.6. The Bertz CT molecular complexity index is 599. The van der Waals surface area contributed by atoms with E-state index >= 15 is 0 Å². The second kappa shape index (κ2) is 6.98. The van der Waals surface area contributed by atoms with Gasteiger partial charge in [-0.15, -0.1) is 0 Å². The molecule has 1 atom stereocenters. The lowest BCUT2D eigenvalue weighted by molar-refractivity contribution is -0.784. The maximum Gasteiger partial charge on any atom is 0.411 e. The number of allylic oxidation sites excluding steroid dienone is 1. The summed E-state index contributed by atoms with van der Waals surface area (Å²) >= 11 is 1.67. The molecule has 5 nitrogen and oxygen atoms in total. The highest BCUT2D eigenvalue weighted by molar-refractivity contribution is 8.02. The lowest BCUT2D eigenvalue weighted by Gasteiger charge is -2.27. The van der Waals surface area contributed by atoms with Gasteiger partial charge in [-0.3, -0.25) is 0 Å². The highest BCUT2D eigenvalue weighted by atomic mass is 32.2. The molecule has 0 spiro atoms. The van der Waals surface area contributed by atoms with Gasteiger partial charge >= 0.3 is 6.09 Å². The van der Waals surface area contributed by atoms with E-state index in [9.17, 15) is 4.79 Å². The number of nitrogens with one attached hydrogen (secondary N) is 1. The SMILES string of the molecule is CNC(=O)OC[N+]1(C)C=NC(C(C)C)=C1Sc1ccccc1. The van der Waals surface area contributed by atoms with Crippen LogP contribution in [-0.4, -0.2) is 37.7 Å². The number of carbonyl (C=O) groups is 1. The number of rotatable bonds is 5. The monoisotopic (exact) mass is 320 g/mol. The van der Waals surface area contributed by atoms with Gasteiger partial charge in [0.1, 0.15) is 5.70 Å². The second-order valence-corrected chi connectivity index (χ2v) is 6.65. The van der Waals surface area contributed by atoms with Crippen molar-refractivity contribution in [3.05, 3.63) is 41.1 Å². The third kappa shape index (κ3) is 3.69. The molecule has 1 aliphatic rings. The predicted molar refractivity (Wildman–Crippen MR) is 89.2 cm³/mol. The standard InChI is InChI=1S/C16H21N3O2S/c1-12(2)14-15(22-13-8-6-5-7-9-13)19(4,10-18-14)11-21-16(20)17-3/h5-10,12H,11H2,1-4H3/p+1. The lowest BCUT2D eigenvalue weighted by atomic mass is 10.1. The van der Waals surface area contributed by atoms with Gasteiger partial charge in [-0.25, -0.2) is 14.3 Å². The van der Waals surface area contributed by atoms with Gasteiger partial charge in [0.25, 0.3) is 0 Å². The summed E-state index contributed by atoms with van der Waals surface area (Å²) in [5, 5.41) is 3.55. The average Bonchev–Trinajstić information content (AvgIpc) is 2.84. The third-order valence-corrected chi connectivity index (χ3v) is 4.63. The molecule has 0 saturated carbocycles. The first kappa shape index (κ1) is 16.6. The maximum absolute atomic E-state index is 11.4. The lowest BCUT2D eigenvalue weighted by Crippen LogP contribution is -2.42. The van der Waals surface area contributed by atoms with Gasteiger partial charge in [0, 0.05) is 17.9 Å². The van der Waals surface area contributed by atoms with Crippen LogP contribution in [0.1, 0.15) is 13.8 Å². The van der Waals surface area contributed by atoms with Crippen LogP contribution in [0.15, 0.2) is 50.9 Å². The average molecular weight is 320 g/mol. The number of hydrogen-bond donors (Lipinski definition) is 1. The fourth-order valence-electron chi connectivity index (χ4n) is 2.07. The van der Waals surface area contributed by atoms with Gasteiger partial charge in [0.2, 0.25) is 11.8 Å². The number of amides is 1. The molecule has 22 heavy (non-hydrogen) atoms. The summed E-state index contributed by atoms with van der Waals surface area (Å²) in [6.45, 7) is 4.45. The summed E-state index contributed by atoms with van der Waals surface area (Å²) in [4.78, 5) is 17.1. The van der Waals surface area contributed by atoms with Crippen molar-refractivity contribution >= 4 is 24.2 Å². The largest absolute Gasteiger partial charge is 0.411 e. The molecule has 0 saturated heterocycles. The van der Waals surface area contributed by atoms with Crippen LogP contribution in [0.2, 0.25) is 0 Å². The second-order valence-electron chi connectivity index (χ2n) is 5.58. The molecule has 1 amide bonds. The number of quaternary nitrogens is 1. The number of hydrogen-bond acceptors (Lipinski definition) is 4. The summed E-state index contributed by atoms with van der Waals surface area (Å²) in [6.07, 6.45) is 1.40. The zero-order valence-electron chi connectivity index (χ0n) is 13.4. The van der Waals surface area contributed by atoms with Crippen molar-refractivity contribution in [3.8, 4) is 0 Å². The summed E-state index contributed by atoms with van der Waals surface area (Å²) in [5.74, 6) is 0.308. The number of aliphatic imine (C=N–C) groups is 1. The molecule has 1 N–H and O–H groups in total. The van der Waals surface area contributed by atoms with Crippen LogP contribution in [0, 0.1) is 5.92 Å². The summed E-state index contributed by atoms with van der Waals surface area (Å²) < 4.78 is 5.62. The van der Waals surface area contributed by atoms with Gasteiger partial charge in [-0.2, -0.15) is 0 Å². The Morgan fingerprint density at radius 3 is 2.64 bits per heavy atom. The molecule has 118 valence electrons. The zero-order chi connectivity index (χ0) is 16.2. The summed E-state index contributed by atoms with van der Waals surface area (Å²) in [6, 6.07) is 10.2. The van der Waals surface area contributed by atoms with Crippen molar-refractivity contribution in [2.45, 2.75) is 18.7 Å². The van der Waals surface area contributed by atoms with Gasteiger partial charge < -0.3 is 10.1 Å². The van der Waals surface area contributed by atoms with Crippen LogP contribution < -0.4 is 5.32 Å². The van der Waals surface area contributed by atoms with E-state index in [0.29, 0.717) is 10.4 Å². The number of alkyl carbamates (subject to hydrolysis) is 1. The van der Waals surface area contributed by atoms with E-state index in [4.69, 9.17) is 4.74 Å². The van der Waals surface area contributed by atoms with Crippen molar-refractivity contribution in [2.75, 3.05) is 20.8 Å². The molecule has 1 unspecified atom stereocenters. The van der Waals surface area contributed by atoms with E-state index in [0.717, 1.165) is 15.6 Å². The van der Waals surface area contributed by atoms with Crippen molar-refractivity contribution in [1.29, 1.82) is 0 Å². The highest BCUT2D eigenvalue weighted by Gasteiger charge is 2.37. The Balaban J connectivity index is 2.26. The molecule has 0 fully saturated rings. The Morgan fingerprint density at radius 1 is 1.36 bits per heavy atom. The first-order valence-corrected chi connectivity index (χ1v) is 8.00. The molecule has 0 bridgehead atoms. The molecule has 1 aliphatic heterocycles. The van der Waals surface area contributed by atoms with E-state index in [1.165, 1.54) is 0 Å². The van der Waals surface area contributed by atoms with E-state index < -0.39 is 6.09 Å². The predicted octanol–water partition coefficient (Wildman–Crippen LogP) is 3.41. The molecular formula is C16H22N3O2S+. The van der Waals surface area contributed by atoms with Crippen molar-refractivity contribution in [3.63, 3.8) is 0 Å². The third-order valence-electron chi connectivity index (χ3n) is 3.31. The van der Waals surface area contributed by atoms with Crippen LogP contribution in [-0.2, 0) is 4.74 Å². The molecule has 2 rings (SSSR count). The first-order chi connectivity index (χ1) is 10.5. The number of carbonyl (C=O) groups excluding carboxylic acids is 1. The smallest absolute Gasteiger partial charge is 0.398 e. The van der Waals surface area contributed by atoms with Gasteiger partial charge in [-0.05, 0) is 23.9 Å². The molecule has 1 aromatic rings. The Kier molecular flexibility index (Phi) is 5.26. The first-order valence-electron chi connectivity index (χ1n) is 7.19. The Hall–Kier alpha value is -1.79. The van der Waals surface area contributed by atoms with Gasteiger partial charge in [0.15, 0.2) is 6.34 Å². The molecule has 6 heteroatoms. The highest BCUT2D eigenvalue weighted by Crippen LogP contribution is 2.40. The van der Waals surface area contributed by atoms with Crippen LogP contribution in [0.25, 0.3) is 0 Å². The van der Waals surface area contributed by atoms with E-state index in [-0.39, 0.29) is 6.73 Å². The number of ether oxygens (including phenoxy) is 1. The minimum atomic E-state index is -0.435.